The van der Waals surface area contributed by atoms with Gasteiger partial charge in [0.2, 0.25) is 5.91 Å². The highest BCUT2D eigenvalue weighted by Crippen LogP contribution is 2.67. The van der Waals surface area contributed by atoms with Crippen molar-refractivity contribution in [3.63, 3.8) is 0 Å². The molecule has 0 aromatic carbocycles. The molecular weight excluding hydrogens is 468 g/mol. The molecule has 4 aliphatic carbocycles. The lowest BCUT2D eigenvalue weighted by Gasteiger charge is -2.58. The fraction of sp³-hybridized carbons (Fsp3) is 0.765. The summed E-state index contributed by atoms with van der Waals surface area (Å²) in [5.41, 5.74) is 3.65. The van der Waals surface area contributed by atoms with Crippen molar-refractivity contribution in [1.29, 1.82) is 0 Å². The van der Waals surface area contributed by atoms with E-state index in [9.17, 15) is 9.90 Å². The number of likely N-dealkylation sites (tertiary alicyclic amines) is 1. The van der Waals surface area contributed by atoms with Crippen LogP contribution in [-0.2, 0) is 4.79 Å². The zero-order chi connectivity index (χ0) is 26.5. The Labute approximate surface area is 230 Å². The highest BCUT2D eigenvalue weighted by atomic mass is 16.3. The lowest BCUT2D eigenvalue weighted by molar-refractivity contribution is -0.133. The first-order valence-electron chi connectivity index (χ1n) is 15.8. The number of carbonyl (C=O) groups excluding carboxylic acids is 1. The standard InChI is InChI=1S/C34H50N2O2/c1-23(6-11-32(38)36-20-4-5-25(22-36)24-14-18-35-19-15-24)29-9-10-30-28-8-7-26-21-27(37)12-16-33(26,2)31(28)13-17-34(29,30)3/h7,14-15,18-19,23,25,27-31,37H,4-6,8-13,16-17,20-22H2,1-3H3/t23?,25?,27-,28-,29+,30-,31-,33-,34+/m0/s1. The smallest absolute Gasteiger partial charge is 0.222 e. The zero-order valence-corrected chi connectivity index (χ0v) is 24.1. The summed E-state index contributed by atoms with van der Waals surface area (Å²) in [5.74, 6) is 4.63. The number of allylic oxidation sites excluding steroid dienone is 1. The van der Waals surface area contributed by atoms with Crippen molar-refractivity contribution in [3.8, 4) is 0 Å². The molecule has 38 heavy (non-hydrogen) atoms. The van der Waals surface area contributed by atoms with Gasteiger partial charge in [-0.2, -0.15) is 0 Å². The minimum atomic E-state index is -0.120. The second-order valence-corrected chi connectivity index (χ2v) is 14.4. The summed E-state index contributed by atoms with van der Waals surface area (Å²) in [5, 5.41) is 10.3. The Morgan fingerprint density at radius 1 is 1.11 bits per heavy atom. The van der Waals surface area contributed by atoms with Crippen LogP contribution in [0.4, 0.5) is 0 Å². The Balaban J connectivity index is 1.07. The summed E-state index contributed by atoms with van der Waals surface area (Å²) >= 11 is 0. The monoisotopic (exact) mass is 518 g/mol. The molecule has 2 unspecified atom stereocenters. The van der Waals surface area contributed by atoms with Gasteiger partial charge in [-0.3, -0.25) is 9.78 Å². The molecule has 1 aliphatic heterocycles. The first-order chi connectivity index (χ1) is 18.3. The van der Waals surface area contributed by atoms with E-state index < -0.39 is 0 Å². The molecule has 5 aliphatic rings. The van der Waals surface area contributed by atoms with E-state index in [0.29, 0.717) is 35.0 Å². The first kappa shape index (κ1) is 26.5. The molecule has 3 saturated carbocycles. The van der Waals surface area contributed by atoms with Gasteiger partial charge < -0.3 is 10.0 Å². The summed E-state index contributed by atoms with van der Waals surface area (Å²) in [4.78, 5) is 19.6. The predicted octanol–water partition coefficient (Wildman–Crippen LogP) is 7.14. The Bertz CT molecular complexity index is 1040. The first-order valence-corrected chi connectivity index (χ1v) is 15.8. The Morgan fingerprint density at radius 2 is 1.92 bits per heavy atom. The van der Waals surface area contributed by atoms with E-state index in [1.807, 2.05) is 12.4 Å². The average Bonchev–Trinajstić information content (AvgIpc) is 3.30. The van der Waals surface area contributed by atoms with Gasteiger partial charge in [0, 0.05) is 37.8 Å². The Kier molecular flexibility index (Phi) is 7.25. The number of piperidine rings is 1. The minimum absolute atomic E-state index is 0.120. The van der Waals surface area contributed by atoms with Crippen molar-refractivity contribution in [2.75, 3.05) is 13.1 Å². The molecule has 0 bridgehead atoms. The number of pyridine rings is 1. The van der Waals surface area contributed by atoms with Gasteiger partial charge >= 0.3 is 0 Å². The van der Waals surface area contributed by atoms with E-state index in [1.54, 1.807) is 5.57 Å². The second kappa shape index (κ2) is 10.4. The molecule has 9 atom stereocenters. The van der Waals surface area contributed by atoms with Crippen LogP contribution in [0.25, 0.3) is 0 Å². The number of hydrogen-bond donors (Lipinski definition) is 1. The number of hydrogen-bond acceptors (Lipinski definition) is 3. The third-order valence-electron chi connectivity index (χ3n) is 12.6. The van der Waals surface area contributed by atoms with Crippen molar-refractivity contribution < 1.29 is 9.90 Å². The molecule has 0 spiro atoms. The molecule has 2 heterocycles. The van der Waals surface area contributed by atoms with Crippen molar-refractivity contribution >= 4 is 5.91 Å². The molecule has 1 N–H and O–H groups in total. The van der Waals surface area contributed by atoms with Gasteiger partial charge in [0.05, 0.1) is 6.10 Å². The molecule has 0 radical (unpaired) electrons. The maximum atomic E-state index is 13.3. The average molecular weight is 519 g/mol. The van der Waals surface area contributed by atoms with Crippen LogP contribution in [0.1, 0.15) is 109 Å². The van der Waals surface area contributed by atoms with Crippen molar-refractivity contribution in [1.82, 2.24) is 9.88 Å². The van der Waals surface area contributed by atoms with Gasteiger partial charge in [-0.05, 0) is 129 Å². The van der Waals surface area contributed by atoms with E-state index in [0.717, 1.165) is 62.4 Å². The summed E-state index contributed by atoms with van der Waals surface area (Å²) < 4.78 is 0. The number of aromatic nitrogens is 1. The molecule has 4 fully saturated rings. The lowest BCUT2D eigenvalue weighted by atomic mass is 9.47. The van der Waals surface area contributed by atoms with Gasteiger partial charge in [0.25, 0.3) is 0 Å². The third kappa shape index (κ3) is 4.57. The molecule has 1 aromatic heterocycles. The third-order valence-corrected chi connectivity index (χ3v) is 12.6. The Hall–Kier alpha value is -1.68. The SMILES string of the molecule is CC(CCC(=O)N1CCCC(c2ccncc2)C1)[C@H]1CC[C@H]2[C@@H]3CC=C4C[C@@H](O)CC[C@]4(C)[C@H]3CC[C@]12C. The van der Waals surface area contributed by atoms with Gasteiger partial charge in [0.1, 0.15) is 0 Å². The van der Waals surface area contributed by atoms with E-state index in [1.165, 1.54) is 50.5 Å². The van der Waals surface area contributed by atoms with Crippen molar-refractivity contribution in [2.24, 2.45) is 40.4 Å². The number of fused-ring (bicyclic) bond motifs is 5. The van der Waals surface area contributed by atoms with Gasteiger partial charge in [-0.15, -0.1) is 0 Å². The summed E-state index contributed by atoms with van der Waals surface area (Å²) in [6, 6.07) is 4.24. The maximum absolute atomic E-state index is 13.3. The zero-order valence-electron chi connectivity index (χ0n) is 24.1. The molecule has 1 aromatic rings. The van der Waals surface area contributed by atoms with E-state index >= 15 is 0 Å². The van der Waals surface area contributed by atoms with Crippen LogP contribution in [-0.4, -0.2) is 40.1 Å². The summed E-state index contributed by atoms with van der Waals surface area (Å²) in [7, 11) is 0. The van der Waals surface area contributed by atoms with Gasteiger partial charge in [-0.25, -0.2) is 0 Å². The molecule has 208 valence electrons. The quantitative estimate of drug-likeness (QED) is 0.421. The highest BCUT2D eigenvalue weighted by molar-refractivity contribution is 5.76. The topological polar surface area (TPSA) is 53.4 Å². The molecule has 4 heteroatoms. The van der Waals surface area contributed by atoms with Crippen molar-refractivity contribution in [3.05, 3.63) is 41.7 Å². The molecule has 1 saturated heterocycles. The number of nitrogens with zero attached hydrogens (tertiary/aromatic N) is 2. The molecule has 4 nitrogen and oxygen atoms in total. The molecule has 1 amide bonds. The number of amides is 1. The van der Waals surface area contributed by atoms with Crippen LogP contribution in [0, 0.1) is 40.4 Å². The van der Waals surface area contributed by atoms with E-state index in [4.69, 9.17) is 0 Å². The van der Waals surface area contributed by atoms with Crippen LogP contribution >= 0.6 is 0 Å². The van der Waals surface area contributed by atoms with Crippen LogP contribution in [0.2, 0.25) is 0 Å². The minimum Gasteiger partial charge on any atom is -0.393 e. The highest BCUT2D eigenvalue weighted by Gasteiger charge is 2.59. The fourth-order valence-electron chi connectivity index (χ4n) is 10.4. The fourth-order valence-corrected chi connectivity index (χ4v) is 10.4. The summed E-state index contributed by atoms with van der Waals surface area (Å²) in [6.45, 7) is 9.41. The number of carbonyl (C=O) groups is 1. The van der Waals surface area contributed by atoms with E-state index in [-0.39, 0.29) is 6.10 Å². The predicted molar refractivity (Wildman–Crippen MR) is 152 cm³/mol. The van der Waals surface area contributed by atoms with Crippen LogP contribution in [0.5, 0.6) is 0 Å². The van der Waals surface area contributed by atoms with Crippen LogP contribution in [0.3, 0.4) is 0 Å². The largest absolute Gasteiger partial charge is 0.393 e. The Morgan fingerprint density at radius 3 is 2.74 bits per heavy atom. The van der Waals surface area contributed by atoms with Crippen molar-refractivity contribution in [2.45, 2.75) is 110 Å². The number of rotatable bonds is 5. The number of aliphatic hydroxyl groups excluding tert-OH is 1. The summed E-state index contributed by atoms with van der Waals surface area (Å²) in [6.07, 6.45) is 19.9. The number of aliphatic hydroxyl groups is 1. The van der Waals surface area contributed by atoms with E-state index in [2.05, 4.69) is 48.9 Å². The molecular formula is C34H50N2O2. The molecule has 6 rings (SSSR count). The normalized spacial score (nSPS) is 41.5. The van der Waals surface area contributed by atoms with Gasteiger partial charge in [0.15, 0.2) is 0 Å². The lowest BCUT2D eigenvalue weighted by Crippen LogP contribution is -2.50. The van der Waals surface area contributed by atoms with Crippen LogP contribution in [0.15, 0.2) is 36.2 Å². The van der Waals surface area contributed by atoms with Gasteiger partial charge in [-0.1, -0.05) is 32.4 Å². The second-order valence-electron chi connectivity index (χ2n) is 14.4. The maximum Gasteiger partial charge on any atom is 0.222 e. The van der Waals surface area contributed by atoms with Crippen LogP contribution < -0.4 is 0 Å².